The van der Waals surface area contributed by atoms with Crippen LogP contribution in [0.5, 0.6) is 5.75 Å². The monoisotopic (exact) mass is 866 g/mol. The van der Waals surface area contributed by atoms with Gasteiger partial charge in [-0.25, -0.2) is 13.6 Å². The minimum Gasteiger partial charge on any atom is -0.489 e. The summed E-state index contributed by atoms with van der Waals surface area (Å²) in [4.78, 5) is 34.8. The summed E-state index contributed by atoms with van der Waals surface area (Å²) < 4.78 is 48.6. The number of nitrogens with one attached hydrogen (secondary N) is 1. The number of esters is 1. The highest BCUT2D eigenvalue weighted by molar-refractivity contribution is 8.76. The molecule has 1 N–H and O–H groups in total. The number of alkyl carbamates (subject to hydrolysis) is 1. The van der Waals surface area contributed by atoms with E-state index in [0.717, 1.165) is 85.0 Å². The fraction of sp³-hybridized carbons (Fsp3) is 0.479. The first-order chi connectivity index (χ1) is 29.9. The van der Waals surface area contributed by atoms with E-state index >= 15 is 8.78 Å². The van der Waals surface area contributed by atoms with Crippen LogP contribution < -0.4 is 10.1 Å². The molecule has 13 heteroatoms. The summed E-state index contributed by atoms with van der Waals surface area (Å²) in [5.41, 5.74) is 4.27. The van der Waals surface area contributed by atoms with Crippen LogP contribution in [-0.4, -0.2) is 103 Å². The number of alkyl halides is 2. The molecule has 3 unspecified atom stereocenters. The largest absolute Gasteiger partial charge is 0.489 e. The van der Waals surface area contributed by atoms with Crippen molar-refractivity contribution in [3.63, 3.8) is 0 Å². The molecule has 320 valence electrons. The molecule has 1 aromatic heterocycles. The van der Waals surface area contributed by atoms with E-state index in [1.54, 1.807) is 27.8 Å². The second-order valence-electron chi connectivity index (χ2n) is 16.7. The number of pyridine rings is 1. The number of rotatable bonds is 16. The van der Waals surface area contributed by atoms with E-state index in [2.05, 4.69) is 31.9 Å². The van der Waals surface area contributed by atoms with Crippen LogP contribution in [0, 0.1) is 29.6 Å². The smallest absolute Gasteiger partial charge is 0.407 e. The molecular formula is C48H52F2N4O5S2. The lowest BCUT2D eigenvalue weighted by Gasteiger charge is -2.41. The predicted molar refractivity (Wildman–Crippen MR) is 236 cm³/mol. The van der Waals surface area contributed by atoms with Gasteiger partial charge in [0.15, 0.2) is 0 Å². The average molecular weight is 867 g/mol. The van der Waals surface area contributed by atoms with Gasteiger partial charge in [0.25, 0.3) is 5.92 Å². The molecule has 0 spiro atoms. The van der Waals surface area contributed by atoms with Crippen molar-refractivity contribution in [3.8, 4) is 17.6 Å². The Hall–Kier alpha value is -4.35. The van der Waals surface area contributed by atoms with Crippen molar-refractivity contribution in [2.24, 2.45) is 17.8 Å². The Morgan fingerprint density at radius 3 is 2.21 bits per heavy atom. The number of carbonyl (C=O) groups is 2. The molecule has 4 aromatic rings. The first kappa shape index (κ1) is 42.0. The van der Waals surface area contributed by atoms with Crippen LogP contribution in [0.3, 0.4) is 0 Å². The molecule has 0 radical (unpaired) electrons. The molecule has 9 nitrogen and oxygen atoms in total. The Labute approximate surface area is 364 Å². The lowest BCUT2D eigenvalue weighted by atomic mass is 9.90. The number of piperazine rings is 1. The Balaban J connectivity index is 0.762. The molecular weight excluding hydrogens is 815 g/mol. The molecule has 9 rings (SSSR count). The summed E-state index contributed by atoms with van der Waals surface area (Å²) >= 11 is 0. The van der Waals surface area contributed by atoms with Crippen molar-refractivity contribution >= 4 is 44.6 Å². The van der Waals surface area contributed by atoms with Crippen LogP contribution in [0.4, 0.5) is 13.6 Å². The van der Waals surface area contributed by atoms with Gasteiger partial charge in [0.05, 0.1) is 36.4 Å². The number of hydrogen-bond donors (Lipinski definition) is 1. The molecule has 61 heavy (non-hydrogen) atoms. The zero-order chi connectivity index (χ0) is 41.8. The third-order valence-corrected chi connectivity index (χ3v) is 15.4. The quantitative estimate of drug-likeness (QED) is 0.0511. The number of benzene rings is 3. The SMILES string of the molecule is O=C(CCSSCCNC(=O)OCC1C2CCC#CCCC21)O[C@@H](COc1cccc2ncccc12)CN1CCN(C2c3ccccc3[C@@H]3[C@H](c4ccccc42)C3(F)F)CC1. The minimum absolute atomic E-state index is 0.114. The zero-order valence-electron chi connectivity index (χ0n) is 34.2. The third-order valence-electron chi connectivity index (χ3n) is 13.0. The highest BCUT2D eigenvalue weighted by Gasteiger charge is 2.71. The van der Waals surface area contributed by atoms with Gasteiger partial charge in [-0.05, 0) is 77.1 Å². The van der Waals surface area contributed by atoms with Gasteiger partial charge in [-0.15, -0.1) is 11.8 Å². The Morgan fingerprint density at radius 1 is 0.836 bits per heavy atom. The molecule has 5 aliphatic rings. The van der Waals surface area contributed by atoms with E-state index in [1.807, 2.05) is 78.9 Å². The van der Waals surface area contributed by atoms with Gasteiger partial charge in [0.1, 0.15) is 18.5 Å². The maximum Gasteiger partial charge on any atom is 0.407 e. The average Bonchev–Trinajstić information content (AvgIpc) is 4.12. The fourth-order valence-corrected chi connectivity index (χ4v) is 11.8. The topological polar surface area (TPSA) is 93.2 Å². The predicted octanol–water partition coefficient (Wildman–Crippen LogP) is 8.70. The maximum atomic E-state index is 15.3. The van der Waals surface area contributed by atoms with Gasteiger partial charge >= 0.3 is 12.1 Å². The number of carbonyl (C=O) groups excluding carboxylic acids is 2. The van der Waals surface area contributed by atoms with Gasteiger partial charge < -0.3 is 19.5 Å². The summed E-state index contributed by atoms with van der Waals surface area (Å²) in [6, 6.07) is 25.0. The lowest BCUT2D eigenvalue weighted by molar-refractivity contribution is -0.151. The van der Waals surface area contributed by atoms with Gasteiger partial charge in [-0.3, -0.25) is 19.6 Å². The van der Waals surface area contributed by atoms with E-state index in [4.69, 9.17) is 14.2 Å². The van der Waals surface area contributed by atoms with Crippen LogP contribution >= 0.6 is 21.6 Å². The summed E-state index contributed by atoms with van der Waals surface area (Å²) in [5, 5.41) is 3.74. The van der Waals surface area contributed by atoms with Crippen molar-refractivity contribution in [2.45, 2.75) is 62.0 Å². The van der Waals surface area contributed by atoms with Crippen molar-refractivity contribution in [1.82, 2.24) is 20.1 Å². The van der Waals surface area contributed by atoms with Crippen LogP contribution in [0.2, 0.25) is 0 Å². The number of aromatic nitrogens is 1. The molecule has 0 bridgehead atoms. The zero-order valence-corrected chi connectivity index (χ0v) is 35.8. The number of halogens is 2. The normalized spacial score (nSPS) is 25.3. The number of hydrogen-bond acceptors (Lipinski definition) is 10. The Bertz CT molecular complexity index is 2180. The Kier molecular flexibility index (Phi) is 13.0. The fourth-order valence-electron chi connectivity index (χ4n) is 9.94. The molecule has 3 fully saturated rings. The van der Waals surface area contributed by atoms with E-state index in [0.29, 0.717) is 54.7 Å². The number of amides is 1. The highest BCUT2D eigenvalue weighted by atomic mass is 33.1. The third kappa shape index (κ3) is 9.53. The van der Waals surface area contributed by atoms with Gasteiger partial charge in [-0.1, -0.05) is 76.2 Å². The van der Waals surface area contributed by atoms with E-state index in [1.165, 1.54) is 0 Å². The molecule has 1 aliphatic heterocycles. The second-order valence-corrected chi connectivity index (χ2v) is 19.4. The van der Waals surface area contributed by atoms with Crippen LogP contribution in [0.25, 0.3) is 10.9 Å². The molecule has 1 amide bonds. The Morgan fingerprint density at radius 2 is 1.51 bits per heavy atom. The molecule has 2 heterocycles. The molecule has 2 saturated carbocycles. The summed E-state index contributed by atoms with van der Waals surface area (Å²) in [7, 11) is 3.18. The standard InChI is InChI=1S/C48H52F2N4O5S2/c49-48(50)44-35-13-5-7-15-37(35)46(38-16-8-6-14-36(38)45(44)48)54-25-23-53(24-26-54)29-32(30-57-42-19-9-18-41-39(42)17-10-21-51-41)59-43(55)20-27-60-61-28-22-52-47(56)58-31-40-33-11-3-1-2-4-12-34(33)40/h5-10,13-19,21,32-34,40,44-46H,3-4,11-12,20,22-31H2,(H,52,56)/t32-,33?,34?,40?,44-,45+,46?/m1/s1. The van der Waals surface area contributed by atoms with E-state index in [9.17, 15) is 9.59 Å². The van der Waals surface area contributed by atoms with Crippen LogP contribution in [0.1, 0.15) is 72.2 Å². The van der Waals surface area contributed by atoms with Crippen molar-refractivity contribution < 1.29 is 32.6 Å². The van der Waals surface area contributed by atoms with Crippen LogP contribution in [-0.2, 0) is 14.3 Å². The molecule has 1 saturated heterocycles. The molecule has 3 aromatic carbocycles. The number of fused-ring (bicyclic) bond motifs is 7. The van der Waals surface area contributed by atoms with Crippen LogP contribution in [0.15, 0.2) is 85.1 Å². The summed E-state index contributed by atoms with van der Waals surface area (Å²) in [6.07, 6.45) is 5.19. The summed E-state index contributed by atoms with van der Waals surface area (Å²) in [6.45, 7) is 4.54. The van der Waals surface area contributed by atoms with Crippen molar-refractivity contribution in [1.29, 1.82) is 0 Å². The first-order valence-electron chi connectivity index (χ1n) is 21.7. The molecule has 4 aliphatic carbocycles. The van der Waals surface area contributed by atoms with Gasteiger partial charge in [0.2, 0.25) is 0 Å². The van der Waals surface area contributed by atoms with E-state index in [-0.39, 0.29) is 31.1 Å². The first-order valence-corrected chi connectivity index (χ1v) is 24.1. The molecule has 6 atom stereocenters. The van der Waals surface area contributed by atoms with Gasteiger partial charge in [-0.2, -0.15) is 0 Å². The highest BCUT2D eigenvalue weighted by Crippen LogP contribution is 2.70. The number of nitrogens with zero attached hydrogens (tertiary/aromatic N) is 3. The van der Waals surface area contributed by atoms with Crippen molar-refractivity contribution in [2.75, 3.05) is 64.0 Å². The van der Waals surface area contributed by atoms with E-state index < -0.39 is 23.9 Å². The second kappa shape index (κ2) is 19.0. The minimum atomic E-state index is -2.75. The van der Waals surface area contributed by atoms with Gasteiger partial charge in [0, 0.05) is 75.2 Å². The summed E-state index contributed by atoms with van der Waals surface area (Å²) in [5.74, 6) is 5.51. The maximum absolute atomic E-state index is 15.3. The van der Waals surface area contributed by atoms with Crippen molar-refractivity contribution in [3.05, 3.63) is 107 Å². The number of ether oxygens (including phenoxy) is 3. The lowest BCUT2D eigenvalue weighted by Crippen LogP contribution is -2.51.